The summed E-state index contributed by atoms with van der Waals surface area (Å²) < 4.78 is 15.3. The third-order valence-corrected chi connectivity index (χ3v) is 5.21. The molecule has 0 aliphatic carbocycles. The lowest BCUT2D eigenvalue weighted by Gasteiger charge is -2.09. The number of hydrogen-bond acceptors (Lipinski definition) is 5. The van der Waals surface area contributed by atoms with Crippen molar-refractivity contribution < 1.29 is 9.31 Å². The maximum absolute atomic E-state index is 13.2. The van der Waals surface area contributed by atoms with E-state index in [1.165, 1.54) is 18.2 Å². The van der Waals surface area contributed by atoms with Gasteiger partial charge in [0.1, 0.15) is 11.6 Å². The van der Waals surface area contributed by atoms with Crippen LogP contribution >= 0.6 is 0 Å². The highest BCUT2D eigenvalue weighted by Crippen LogP contribution is 2.27. The Morgan fingerprint density at radius 1 is 1.03 bits per heavy atom. The van der Waals surface area contributed by atoms with Gasteiger partial charge in [-0.15, -0.1) is 0 Å². The summed E-state index contributed by atoms with van der Waals surface area (Å²) in [6.45, 7) is 0.546. The van der Waals surface area contributed by atoms with E-state index in [1.807, 2.05) is 31.3 Å². The number of imidazole rings is 1. The second kappa shape index (κ2) is 8.91. The predicted molar refractivity (Wildman–Crippen MR) is 118 cm³/mol. The number of anilines is 1. The molecule has 7 nitrogen and oxygen atoms in total. The van der Waals surface area contributed by atoms with Crippen LogP contribution in [0.5, 0.6) is 0 Å². The average molecular weight is 419 g/mol. The minimum atomic E-state index is -0.455. The molecule has 0 amide bonds. The Balaban J connectivity index is 1.40. The van der Waals surface area contributed by atoms with Gasteiger partial charge in [0.25, 0.3) is 0 Å². The second-order valence-electron chi connectivity index (χ2n) is 7.29. The number of nitrogens with one attached hydrogen (secondary N) is 1. The van der Waals surface area contributed by atoms with Crippen molar-refractivity contribution in [2.45, 2.75) is 19.3 Å². The number of pyridine rings is 1. The van der Waals surface area contributed by atoms with Gasteiger partial charge < -0.3 is 9.88 Å². The maximum atomic E-state index is 13.2. The number of fused-ring (bicyclic) bond motifs is 1. The number of unbranched alkanes of at least 4 members (excludes halogenated alkanes) is 1. The van der Waals surface area contributed by atoms with Crippen LogP contribution in [0.3, 0.4) is 0 Å². The van der Waals surface area contributed by atoms with E-state index in [9.17, 15) is 14.5 Å². The minimum Gasteiger partial charge on any atom is -0.364 e. The van der Waals surface area contributed by atoms with E-state index in [0.29, 0.717) is 17.8 Å². The Labute approximate surface area is 178 Å². The highest BCUT2D eigenvalue weighted by Gasteiger charge is 2.16. The third-order valence-electron chi connectivity index (χ3n) is 5.21. The normalized spacial score (nSPS) is 11.0. The molecular formula is C23H22FN5O2. The lowest BCUT2D eigenvalue weighted by Crippen LogP contribution is -2.08. The molecule has 0 saturated heterocycles. The first-order valence-electron chi connectivity index (χ1n) is 10.1. The molecule has 31 heavy (non-hydrogen) atoms. The third kappa shape index (κ3) is 4.53. The standard InChI is InChI=1S/C23H22FN5O2/c1-28-20-7-3-2-6-19(20)26-22(28)8-4-5-15-25-23-21(29(30)31)14-13-18(27-23)16-9-11-17(24)12-10-16/h2-3,6-7,9-14H,4-5,8,15H2,1H3,(H,25,27). The molecule has 4 rings (SSSR count). The number of nitrogens with zero attached hydrogens (tertiary/aromatic N) is 4. The molecule has 0 aliphatic heterocycles. The molecule has 0 bridgehead atoms. The molecule has 8 heteroatoms. The molecule has 2 heterocycles. The second-order valence-corrected chi connectivity index (χ2v) is 7.29. The number of benzene rings is 2. The van der Waals surface area contributed by atoms with Crippen molar-refractivity contribution in [3.63, 3.8) is 0 Å². The van der Waals surface area contributed by atoms with Crippen LogP contribution in [0.1, 0.15) is 18.7 Å². The van der Waals surface area contributed by atoms with Crippen LogP contribution in [0.15, 0.2) is 60.7 Å². The van der Waals surface area contributed by atoms with Crippen molar-refractivity contribution in [3.05, 3.63) is 82.4 Å². The summed E-state index contributed by atoms with van der Waals surface area (Å²) in [5, 5.41) is 14.5. The van der Waals surface area contributed by atoms with Gasteiger partial charge in [-0.1, -0.05) is 12.1 Å². The van der Waals surface area contributed by atoms with Crippen LogP contribution in [0, 0.1) is 15.9 Å². The quantitative estimate of drug-likeness (QED) is 0.243. The molecule has 1 N–H and O–H groups in total. The number of aryl methyl sites for hydroxylation is 2. The van der Waals surface area contributed by atoms with Crippen LogP contribution in [0.2, 0.25) is 0 Å². The van der Waals surface area contributed by atoms with Gasteiger partial charge in [0.15, 0.2) is 0 Å². The van der Waals surface area contributed by atoms with Crippen LogP contribution < -0.4 is 5.32 Å². The van der Waals surface area contributed by atoms with Crippen molar-refractivity contribution in [2.75, 3.05) is 11.9 Å². The van der Waals surface area contributed by atoms with Crippen molar-refractivity contribution >= 4 is 22.5 Å². The van der Waals surface area contributed by atoms with Gasteiger partial charge in [0, 0.05) is 31.6 Å². The van der Waals surface area contributed by atoms with Crippen LogP contribution in [-0.4, -0.2) is 26.0 Å². The molecule has 4 aromatic rings. The van der Waals surface area contributed by atoms with Crippen molar-refractivity contribution in [1.29, 1.82) is 0 Å². The molecule has 0 radical (unpaired) electrons. The summed E-state index contributed by atoms with van der Waals surface area (Å²) in [6, 6.07) is 16.9. The summed E-state index contributed by atoms with van der Waals surface area (Å²) in [5.74, 6) is 0.891. The first kappa shape index (κ1) is 20.5. The topological polar surface area (TPSA) is 85.9 Å². The first-order chi connectivity index (χ1) is 15.0. The predicted octanol–water partition coefficient (Wildman–Crippen LogP) is 5.12. The van der Waals surface area contributed by atoms with E-state index in [2.05, 4.69) is 19.9 Å². The zero-order chi connectivity index (χ0) is 21.8. The zero-order valence-electron chi connectivity index (χ0n) is 17.1. The Morgan fingerprint density at radius 2 is 1.81 bits per heavy atom. The van der Waals surface area contributed by atoms with Gasteiger partial charge in [-0.25, -0.2) is 14.4 Å². The lowest BCUT2D eigenvalue weighted by atomic mass is 10.1. The largest absolute Gasteiger partial charge is 0.364 e. The first-order valence-corrected chi connectivity index (χ1v) is 10.1. The smallest absolute Gasteiger partial charge is 0.311 e. The lowest BCUT2D eigenvalue weighted by molar-refractivity contribution is -0.384. The van der Waals surface area contributed by atoms with E-state index < -0.39 is 4.92 Å². The highest BCUT2D eigenvalue weighted by atomic mass is 19.1. The molecule has 0 fully saturated rings. The minimum absolute atomic E-state index is 0.0822. The molecular weight excluding hydrogens is 397 g/mol. The summed E-state index contributed by atoms with van der Waals surface area (Å²) in [7, 11) is 2.01. The molecule has 0 saturated carbocycles. The average Bonchev–Trinajstić information content (AvgIpc) is 3.09. The highest BCUT2D eigenvalue weighted by molar-refractivity contribution is 5.75. The van der Waals surface area contributed by atoms with E-state index in [1.54, 1.807) is 18.2 Å². The molecule has 158 valence electrons. The zero-order valence-corrected chi connectivity index (χ0v) is 17.1. The number of hydrogen-bond donors (Lipinski definition) is 1. The van der Waals surface area contributed by atoms with Crippen LogP contribution in [-0.2, 0) is 13.5 Å². The Hall–Kier alpha value is -3.81. The SMILES string of the molecule is Cn1c(CCCCNc2nc(-c3ccc(F)cc3)ccc2[N+](=O)[O-])nc2ccccc21. The van der Waals surface area contributed by atoms with E-state index >= 15 is 0 Å². The summed E-state index contributed by atoms with van der Waals surface area (Å²) in [6.07, 6.45) is 2.51. The molecule has 2 aromatic heterocycles. The van der Waals surface area contributed by atoms with Gasteiger partial charge in [-0.2, -0.15) is 0 Å². The van der Waals surface area contributed by atoms with Gasteiger partial charge >= 0.3 is 5.69 Å². The Kier molecular flexibility index (Phi) is 5.88. The fourth-order valence-electron chi connectivity index (χ4n) is 3.54. The van der Waals surface area contributed by atoms with Crippen LogP contribution in [0.25, 0.3) is 22.3 Å². The van der Waals surface area contributed by atoms with Gasteiger partial charge in [-0.3, -0.25) is 10.1 Å². The van der Waals surface area contributed by atoms with Crippen LogP contribution in [0.4, 0.5) is 15.9 Å². The van der Waals surface area contributed by atoms with E-state index in [-0.39, 0.29) is 17.3 Å². The Morgan fingerprint density at radius 3 is 2.55 bits per heavy atom. The van der Waals surface area contributed by atoms with Crippen molar-refractivity contribution in [3.8, 4) is 11.3 Å². The van der Waals surface area contributed by atoms with Crippen molar-refractivity contribution in [1.82, 2.24) is 14.5 Å². The summed E-state index contributed by atoms with van der Waals surface area (Å²) in [4.78, 5) is 20.0. The van der Waals surface area contributed by atoms with Crippen molar-refractivity contribution in [2.24, 2.45) is 7.05 Å². The van der Waals surface area contributed by atoms with E-state index in [0.717, 1.165) is 36.1 Å². The number of rotatable bonds is 8. The van der Waals surface area contributed by atoms with Gasteiger partial charge in [0.2, 0.25) is 5.82 Å². The number of para-hydroxylation sites is 2. The molecule has 0 unspecified atom stereocenters. The van der Waals surface area contributed by atoms with Gasteiger partial charge in [0.05, 0.1) is 21.7 Å². The summed E-state index contributed by atoms with van der Waals surface area (Å²) >= 11 is 0. The van der Waals surface area contributed by atoms with Gasteiger partial charge in [-0.05, 0) is 55.3 Å². The Bertz CT molecular complexity index is 1220. The van der Waals surface area contributed by atoms with E-state index in [4.69, 9.17) is 0 Å². The summed E-state index contributed by atoms with van der Waals surface area (Å²) in [5.41, 5.74) is 3.25. The number of aromatic nitrogens is 3. The maximum Gasteiger partial charge on any atom is 0.311 e. The number of halogens is 1. The molecule has 0 atom stereocenters. The molecule has 2 aromatic carbocycles. The fourth-order valence-corrected chi connectivity index (χ4v) is 3.54. The molecule has 0 spiro atoms. The molecule has 0 aliphatic rings. The number of nitro groups is 1. The monoisotopic (exact) mass is 419 g/mol. The fraction of sp³-hybridized carbons (Fsp3) is 0.217.